The van der Waals surface area contributed by atoms with Gasteiger partial charge in [-0.3, -0.25) is 14.2 Å². The molecule has 36 heavy (non-hydrogen) atoms. The molecule has 10 heteroatoms. The van der Waals surface area contributed by atoms with Crippen LogP contribution < -0.4 is 18.9 Å². The van der Waals surface area contributed by atoms with Gasteiger partial charge >= 0.3 is 0 Å². The second-order valence-corrected chi connectivity index (χ2v) is 16.4. The molecule has 0 saturated carbocycles. The third kappa shape index (κ3) is 6.22. The summed E-state index contributed by atoms with van der Waals surface area (Å²) in [5, 5.41) is 0. The Hall–Kier alpha value is -2.56. The lowest BCUT2D eigenvalue weighted by atomic mass is 9.86. The minimum Gasteiger partial charge on any atom is -0.496 e. The van der Waals surface area contributed by atoms with Crippen molar-refractivity contribution in [3.63, 3.8) is 0 Å². The molecule has 0 aliphatic rings. The molecule has 0 fully saturated rings. The van der Waals surface area contributed by atoms with E-state index in [2.05, 4.69) is 0 Å². The minimum atomic E-state index is -4.77. The van der Waals surface area contributed by atoms with Crippen molar-refractivity contribution in [2.45, 2.75) is 34.1 Å². The predicted molar refractivity (Wildman–Crippen MR) is 142 cm³/mol. The van der Waals surface area contributed by atoms with Crippen LogP contribution in [0.25, 0.3) is 0 Å². The number of methoxy groups -OCH3 is 4. The van der Waals surface area contributed by atoms with Crippen molar-refractivity contribution in [2.24, 2.45) is 11.3 Å². The van der Waals surface area contributed by atoms with E-state index in [0.717, 1.165) is 0 Å². The van der Waals surface area contributed by atoms with E-state index in [1.165, 1.54) is 52.7 Å². The first-order valence-electron chi connectivity index (χ1n) is 11.5. The molecule has 0 N–H and O–H groups in total. The van der Waals surface area contributed by atoms with Gasteiger partial charge in [-0.1, -0.05) is 39.8 Å². The number of carbonyl (C=O) groups is 2. The van der Waals surface area contributed by atoms with Gasteiger partial charge in [0.2, 0.25) is 11.0 Å². The van der Waals surface area contributed by atoms with Crippen molar-refractivity contribution in [2.75, 3.05) is 34.6 Å². The highest BCUT2D eigenvalue weighted by molar-refractivity contribution is 8.42. The maximum Gasteiger partial charge on any atom is 0.273 e. The zero-order valence-corrected chi connectivity index (χ0v) is 24.1. The second-order valence-electron chi connectivity index (χ2n) is 9.76. The van der Waals surface area contributed by atoms with Crippen LogP contribution in [0.4, 0.5) is 0 Å². The molecule has 0 spiro atoms. The Balaban J connectivity index is 2.79. The molecule has 0 aliphatic carbocycles. The Morgan fingerprint density at radius 1 is 0.806 bits per heavy atom. The molecular weight excluding hydrogens is 502 g/mol. The van der Waals surface area contributed by atoms with Gasteiger partial charge in [0.05, 0.1) is 28.4 Å². The highest BCUT2D eigenvalue weighted by Crippen LogP contribution is 2.74. The summed E-state index contributed by atoms with van der Waals surface area (Å²) in [5.74, 6) is 0.118. The highest BCUT2D eigenvalue weighted by atomic mass is 32.1. The Morgan fingerprint density at radius 2 is 1.14 bits per heavy atom. The van der Waals surface area contributed by atoms with Crippen LogP contribution in [0.15, 0.2) is 36.4 Å². The van der Waals surface area contributed by atoms with E-state index >= 15 is 0 Å². The SMILES string of the molecule is COc1cccc(OC)c1C(=O)P(=O)(C(=O)c1c(OC)cccc1OC)[PH](=O)CC(C)CC(C)(C)C. The summed E-state index contributed by atoms with van der Waals surface area (Å²) in [6.45, 7) is 3.22. The Kier molecular flexibility index (Phi) is 9.99. The van der Waals surface area contributed by atoms with Crippen LogP contribution in [-0.4, -0.2) is 45.6 Å². The second kappa shape index (κ2) is 12.1. The van der Waals surface area contributed by atoms with Crippen molar-refractivity contribution in [3.8, 4) is 23.0 Å². The molecule has 0 aromatic heterocycles. The lowest BCUT2D eigenvalue weighted by Gasteiger charge is -2.25. The topological polar surface area (TPSA) is 105 Å². The summed E-state index contributed by atoms with van der Waals surface area (Å²) in [4.78, 5) is 28.1. The van der Waals surface area contributed by atoms with Gasteiger partial charge in [-0.25, -0.2) is 0 Å². The fourth-order valence-corrected chi connectivity index (χ4v) is 10.7. The van der Waals surface area contributed by atoms with E-state index in [1.807, 2.05) is 27.7 Å². The molecule has 198 valence electrons. The van der Waals surface area contributed by atoms with E-state index in [0.29, 0.717) is 6.42 Å². The molecule has 2 unspecified atom stereocenters. The summed E-state index contributed by atoms with van der Waals surface area (Å²) in [7, 11) is 2.07. The van der Waals surface area contributed by atoms with Crippen LogP contribution in [-0.2, 0) is 9.13 Å². The van der Waals surface area contributed by atoms with Crippen molar-refractivity contribution in [3.05, 3.63) is 47.5 Å². The normalized spacial score (nSPS) is 13.4. The molecule has 0 aliphatic heterocycles. The van der Waals surface area contributed by atoms with E-state index in [1.54, 1.807) is 12.1 Å². The minimum absolute atomic E-state index is 0.0361. The Labute approximate surface area is 213 Å². The lowest BCUT2D eigenvalue weighted by molar-refractivity contribution is 0.103. The molecule has 0 heterocycles. The average molecular weight is 539 g/mol. The molecular formula is C26H36O8P2. The summed E-state index contributed by atoms with van der Waals surface area (Å²) < 4.78 is 49.9. The molecule has 0 amide bonds. The van der Waals surface area contributed by atoms with Crippen LogP contribution in [0.5, 0.6) is 23.0 Å². The standard InChI is InChI=1S/C26H36O8P2/c1-17(15-26(2,3)4)16-35(29)36(30,24(27)22-18(31-5)11-9-12-19(22)32-6)25(28)23-20(33-7)13-10-14-21(23)34-8/h9-14,17,35H,15-16H2,1-8H3. The zero-order valence-electron chi connectivity index (χ0n) is 22.2. The first-order valence-corrected chi connectivity index (χ1v) is 15.7. The van der Waals surface area contributed by atoms with Gasteiger partial charge in [0.15, 0.2) is 0 Å². The van der Waals surface area contributed by atoms with Crippen molar-refractivity contribution in [1.82, 2.24) is 0 Å². The van der Waals surface area contributed by atoms with Crippen LogP contribution in [0, 0.1) is 11.3 Å². The summed E-state index contributed by atoms with van der Waals surface area (Å²) in [5.41, 5.74) is -2.59. The third-order valence-corrected chi connectivity index (χ3v) is 12.9. The Bertz CT molecular complexity index is 1070. The molecule has 0 bridgehead atoms. The number of carbonyl (C=O) groups excluding carboxylic acids is 2. The number of benzene rings is 2. The smallest absolute Gasteiger partial charge is 0.273 e. The van der Waals surface area contributed by atoms with Gasteiger partial charge in [-0.15, -0.1) is 0 Å². The Morgan fingerprint density at radius 3 is 1.42 bits per heavy atom. The molecule has 0 radical (unpaired) electrons. The molecule has 2 rings (SSSR count). The molecule has 8 nitrogen and oxygen atoms in total. The number of hydrogen-bond donors (Lipinski definition) is 0. The fraction of sp³-hybridized carbons (Fsp3) is 0.462. The van der Waals surface area contributed by atoms with Gasteiger partial charge in [-0.05, 0) is 42.0 Å². The maximum absolute atomic E-state index is 14.7. The van der Waals surface area contributed by atoms with Gasteiger partial charge in [0.25, 0.3) is 6.83 Å². The third-order valence-electron chi connectivity index (χ3n) is 5.69. The molecule has 2 aromatic rings. The van der Waals surface area contributed by atoms with E-state index < -0.39 is 25.4 Å². The number of hydrogen-bond acceptors (Lipinski definition) is 8. The molecule has 2 aromatic carbocycles. The summed E-state index contributed by atoms with van der Waals surface area (Å²) >= 11 is 0. The van der Waals surface area contributed by atoms with E-state index in [4.69, 9.17) is 18.9 Å². The van der Waals surface area contributed by atoms with Crippen LogP contribution in [0.2, 0.25) is 0 Å². The number of ether oxygens (including phenoxy) is 4. The first kappa shape index (κ1) is 29.7. The fourth-order valence-electron chi connectivity index (χ4n) is 4.30. The van der Waals surface area contributed by atoms with Crippen molar-refractivity contribution >= 4 is 25.4 Å². The highest BCUT2D eigenvalue weighted by Gasteiger charge is 2.50. The van der Waals surface area contributed by atoms with Crippen molar-refractivity contribution in [1.29, 1.82) is 0 Å². The van der Waals surface area contributed by atoms with Gasteiger partial charge in [0.1, 0.15) is 41.6 Å². The van der Waals surface area contributed by atoms with Gasteiger partial charge in [0, 0.05) is 6.16 Å². The van der Waals surface area contributed by atoms with Crippen molar-refractivity contribution < 1.29 is 37.7 Å². The largest absolute Gasteiger partial charge is 0.496 e. The predicted octanol–water partition coefficient (Wildman–Crippen LogP) is 6.61. The quantitative estimate of drug-likeness (QED) is 0.278. The van der Waals surface area contributed by atoms with E-state index in [-0.39, 0.29) is 51.6 Å². The molecule has 2 atom stereocenters. The monoisotopic (exact) mass is 538 g/mol. The van der Waals surface area contributed by atoms with Gasteiger partial charge < -0.3 is 23.5 Å². The van der Waals surface area contributed by atoms with Crippen LogP contribution >= 0.6 is 14.3 Å². The zero-order chi connectivity index (χ0) is 27.3. The first-order chi connectivity index (χ1) is 16.8. The van der Waals surface area contributed by atoms with Crippen LogP contribution in [0.1, 0.15) is 54.8 Å². The summed E-state index contributed by atoms with van der Waals surface area (Å²) in [6, 6.07) is 9.17. The van der Waals surface area contributed by atoms with Crippen LogP contribution in [0.3, 0.4) is 0 Å². The molecule has 0 saturated heterocycles. The van der Waals surface area contributed by atoms with E-state index in [9.17, 15) is 18.7 Å². The summed E-state index contributed by atoms with van der Waals surface area (Å²) in [6.07, 6.45) is 0.632. The lowest BCUT2D eigenvalue weighted by Crippen LogP contribution is -2.16. The maximum atomic E-state index is 14.7. The number of rotatable bonds is 12. The average Bonchev–Trinajstić information content (AvgIpc) is 2.84. The van der Waals surface area contributed by atoms with Gasteiger partial charge in [-0.2, -0.15) is 0 Å².